The lowest BCUT2D eigenvalue weighted by atomic mass is 10.2. The van der Waals surface area contributed by atoms with Gasteiger partial charge in [0.1, 0.15) is 6.10 Å². The van der Waals surface area contributed by atoms with Crippen LogP contribution in [0.3, 0.4) is 0 Å². The fraction of sp³-hybridized carbons (Fsp3) is 0.400. The topological polar surface area (TPSA) is 67.4 Å². The largest absolute Gasteiger partial charge is 0.366 e. The van der Waals surface area contributed by atoms with Gasteiger partial charge in [-0.25, -0.2) is 4.98 Å². The second-order valence-corrected chi connectivity index (χ2v) is 5.11. The van der Waals surface area contributed by atoms with E-state index in [4.69, 9.17) is 4.74 Å². The van der Waals surface area contributed by atoms with Gasteiger partial charge < -0.3 is 15.0 Å². The number of hydrogen-bond donors (Lipinski definition) is 1. The summed E-state index contributed by atoms with van der Waals surface area (Å²) in [6.45, 7) is 2.35. The Hall–Kier alpha value is -2.05. The molecule has 1 saturated heterocycles. The molecule has 0 radical (unpaired) electrons. The highest BCUT2D eigenvalue weighted by molar-refractivity contribution is 5.81. The summed E-state index contributed by atoms with van der Waals surface area (Å²) in [6, 6.07) is 7.70. The number of carbonyl (C=O) groups is 1. The van der Waals surface area contributed by atoms with Gasteiger partial charge in [-0.3, -0.25) is 9.78 Å². The highest BCUT2D eigenvalue weighted by atomic mass is 16.5. The van der Waals surface area contributed by atoms with E-state index in [0.717, 1.165) is 23.3 Å². The summed E-state index contributed by atoms with van der Waals surface area (Å²) in [5.74, 6) is -0.0304. The van der Waals surface area contributed by atoms with Gasteiger partial charge in [0.25, 0.3) is 5.91 Å². The van der Waals surface area contributed by atoms with Gasteiger partial charge in [-0.15, -0.1) is 0 Å². The van der Waals surface area contributed by atoms with Gasteiger partial charge in [-0.1, -0.05) is 12.1 Å². The van der Waals surface area contributed by atoms with Gasteiger partial charge in [-0.05, 0) is 12.1 Å². The molecule has 0 unspecified atom stereocenters. The number of morpholine rings is 1. The minimum atomic E-state index is -0.405. The fourth-order valence-electron chi connectivity index (χ4n) is 2.36. The van der Waals surface area contributed by atoms with Crippen molar-refractivity contribution in [3.05, 3.63) is 36.2 Å². The molecule has 21 heavy (non-hydrogen) atoms. The molecular weight excluding hydrogens is 268 g/mol. The van der Waals surface area contributed by atoms with E-state index in [2.05, 4.69) is 15.3 Å². The molecule has 1 fully saturated rings. The molecule has 6 heteroatoms. The van der Waals surface area contributed by atoms with Gasteiger partial charge in [0.05, 0.1) is 36.1 Å². The number of benzene rings is 1. The lowest BCUT2D eigenvalue weighted by molar-refractivity contribution is -0.144. The molecule has 1 N–H and O–H groups in total. The Kier molecular flexibility index (Phi) is 4.08. The van der Waals surface area contributed by atoms with Crippen molar-refractivity contribution in [2.45, 2.75) is 12.6 Å². The van der Waals surface area contributed by atoms with Gasteiger partial charge in [0.2, 0.25) is 0 Å². The van der Waals surface area contributed by atoms with Crippen molar-refractivity contribution in [3.63, 3.8) is 0 Å². The molecule has 0 aliphatic carbocycles. The van der Waals surface area contributed by atoms with Crippen LogP contribution in [0.2, 0.25) is 0 Å². The second-order valence-electron chi connectivity index (χ2n) is 5.11. The first-order valence-corrected chi connectivity index (χ1v) is 7.02. The number of nitrogens with one attached hydrogen (secondary N) is 1. The SMILES string of the molecule is CN(Cc1cnc2ccccc2n1)C(=O)[C@H]1CNCCO1. The molecule has 6 nitrogen and oxygen atoms in total. The molecule has 1 aromatic carbocycles. The maximum absolute atomic E-state index is 12.3. The van der Waals surface area contributed by atoms with Crippen LogP contribution in [0.25, 0.3) is 11.0 Å². The Morgan fingerprint density at radius 2 is 2.24 bits per heavy atom. The number of rotatable bonds is 3. The van der Waals surface area contributed by atoms with Crippen LogP contribution in [-0.2, 0) is 16.1 Å². The molecule has 0 bridgehead atoms. The normalized spacial score (nSPS) is 18.6. The minimum Gasteiger partial charge on any atom is -0.366 e. The summed E-state index contributed by atoms with van der Waals surface area (Å²) in [5.41, 5.74) is 2.47. The van der Waals surface area contributed by atoms with Crippen LogP contribution in [0.4, 0.5) is 0 Å². The van der Waals surface area contributed by atoms with Crippen molar-refractivity contribution in [3.8, 4) is 0 Å². The highest BCUT2D eigenvalue weighted by Crippen LogP contribution is 2.10. The van der Waals surface area contributed by atoms with Crippen molar-refractivity contribution in [1.82, 2.24) is 20.2 Å². The zero-order valence-electron chi connectivity index (χ0n) is 12.0. The van der Waals surface area contributed by atoms with Gasteiger partial charge in [0.15, 0.2) is 0 Å². The number of ether oxygens (including phenoxy) is 1. The molecular formula is C15H18N4O2. The molecule has 1 aliphatic rings. The molecule has 2 aromatic rings. The van der Waals surface area contributed by atoms with Gasteiger partial charge >= 0.3 is 0 Å². The molecule has 1 aliphatic heterocycles. The standard InChI is InChI=1S/C15H18N4O2/c1-19(15(20)14-9-16-6-7-21-14)10-11-8-17-12-4-2-3-5-13(12)18-11/h2-5,8,14,16H,6-7,9-10H2,1H3/t14-/m1/s1. The van der Waals surface area contributed by atoms with E-state index in [-0.39, 0.29) is 5.91 Å². The first-order chi connectivity index (χ1) is 10.2. The molecule has 0 saturated carbocycles. The smallest absolute Gasteiger partial charge is 0.253 e. The summed E-state index contributed by atoms with van der Waals surface area (Å²) >= 11 is 0. The maximum Gasteiger partial charge on any atom is 0.253 e. The molecule has 2 heterocycles. The third-order valence-electron chi connectivity index (χ3n) is 3.48. The van der Waals surface area contributed by atoms with Crippen molar-refractivity contribution >= 4 is 16.9 Å². The predicted octanol–water partition coefficient (Wildman–Crippen LogP) is 0.577. The van der Waals surface area contributed by atoms with E-state index in [1.165, 1.54) is 0 Å². The number of hydrogen-bond acceptors (Lipinski definition) is 5. The first kappa shape index (κ1) is 13.9. The second kappa shape index (κ2) is 6.15. The summed E-state index contributed by atoms with van der Waals surface area (Å²) in [6.07, 6.45) is 1.31. The number of amides is 1. The van der Waals surface area contributed by atoms with Crippen molar-refractivity contribution in [2.75, 3.05) is 26.7 Å². The molecule has 1 atom stereocenters. The Bertz CT molecular complexity index is 640. The van der Waals surface area contributed by atoms with E-state index in [0.29, 0.717) is 19.7 Å². The Labute approximate surface area is 123 Å². The van der Waals surface area contributed by atoms with E-state index >= 15 is 0 Å². The van der Waals surface area contributed by atoms with Crippen LogP contribution in [0, 0.1) is 0 Å². The Morgan fingerprint density at radius 3 is 3.00 bits per heavy atom. The Morgan fingerprint density at radius 1 is 1.43 bits per heavy atom. The average Bonchev–Trinajstić information content (AvgIpc) is 2.55. The van der Waals surface area contributed by atoms with E-state index in [9.17, 15) is 4.79 Å². The third-order valence-corrected chi connectivity index (χ3v) is 3.48. The molecule has 1 aromatic heterocycles. The third kappa shape index (κ3) is 3.17. The lowest BCUT2D eigenvalue weighted by Crippen LogP contribution is -2.48. The zero-order valence-corrected chi connectivity index (χ0v) is 12.0. The number of carbonyl (C=O) groups excluding carboxylic acids is 1. The number of para-hydroxylation sites is 2. The molecule has 3 rings (SSSR count). The molecule has 1 amide bonds. The van der Waals surface area contributed by atoms with Crippen molar-refractivity contribution in [1.29, 1.82) is 0 Å². The number of fused-ring (bicyclic) bond motifs is 1. The number of aromatic nitrogens is 2. The van der Waals surface area contributed by atoms with Gasteiger partial charge in [0, 0.05) is 20.1 Å². The molecule has 0 spiro atoms. The van der Waals surface area contributed by atoms with Crippen LogP contribution >= 0.6 is 0 Å². The van der Waals surface area contributed by atoms with Crippen LogP contribution in [0.1, 0.15) is 5.69 Å². The van der Waals surface area contributed by atoms with Gasteiger partial charge in [-0.2, -0.15) is 0 Å². The van der Waals surface area contributed by atoms with E-state index < -0.39 is 6.10 Å². The zero-order chi connectivity index (χ0) is 14.7. The summed E-state index contributed by atoms with van der Waals surface area (Å²) in [4.78, 5) is 22.8. The molecule has 110 valence electrons. The van der Waals surface area contributed by atoms with Crippen LogP contribution in [0.15, 0.2) is 30.5 Å². The average molecular weight is 286 g/mol. The quantitative estimate of drug-likeness (QED) is 0.894. The number of likely N-dealkylation sites (N-methyl/N-ethyl adjacent to an activating group) is 1. The summed E-state index contributed by atoms with van der Waals surface area (Å²) in [5, 5.41) is 3.16. The number of nitrogens with zero attached hydrogens (tertiary/aromatic N) is 3. The maximum atomic E-state index is 12.3. The van der Waals surface area contributed by atoms with E-state index in [1.54, 1.807) is 18.1 Å². The van der Waals surface area contributed by atoms with Crippen LogP contribution < -0.4 is 5.32 Å². The summed E-state index contributed by atoms with van der Waals surface area (Å²) in [7, 11) is 1.76. The minimum absolute atomic E-state index is 0.0304. The van der Waals surface area contributed by atoms with Crippen LogP contribution in [0.5, 0.6) is 0 Å². The first-order valence-electron chi connectivity index (χ1n) is 7.02. The van der Waals surface area contributed by atoms with Crippen molar-refractivity contribution < 1.29 is 9.53 Å². The predicted molar refractivity (Wildman–Crippen MR) is 78.6 cm³/mol. The fourth-order valence-corrected chi connectivity index (χ4v) is 2.36. The Balaban J connectivity index is 1.70. The highest BCUT2D eigenvalue weighted by Gasteiger charge is 2.25. The van der Waals surface area contributed by atoms with Crippen molar-refractivity contribution in [2.24, 2.45) is 0 Å². The van der Waals surface area contributed by atoms with Crippen LogP contribution in [-0.4, -0.2) is 53.6 Å². The lowest BCUT2D eigenvalue weighted by Gasteiger charge is -2.27. The van der Waals surface area contributed by atoms with E-state index in [1.807, 2.05) is 24.3 Å². The summed E-state index contributed by atoms with van der Waals surface area (Å²) < 4.78 is 5.48. The monoisotopic (exact) mass is 286 g/mol.